The van der Waals surface area contributed by atoms with Crippen molar-refractivity contribution in [3.63, 3.8) is 0 Å². The van der Waals surface area contributed by atoms with Crippen LogP contribution in [0.1, 0.15) is 6.92 Å². The number of pyridine rings is 1. The molecule has 1 heterocycles. The van der Waals surface area contributed by atoms with Crippen molar-refractivity contribution in [2.45, 2.75) is 18.0 Å². The second kappa shape index (κ2) is 7.90. The minimum absolute atomic E-state index is 0.392. The Morgan fingerprint density at radius 2 is 2.38 bits per heavy atom. The first-order valence-electron chi connectivity index (χ1n) is 5.19. The van der Waals surface area contributed by atoms with Gasteiger partial charge in [-0.2, -0.15) is 0 Å². The lowest BCUT2D eigenvalue weighted by Crippen LogP contribution is -2.31. The summed E-state index contributed by atoms with van der Waals surface area (Å²) in [6.45, 7) is 3.79. The first kappa shape index (κ1) is 13.8. The second-order valence-corrected chi connectivity index (χ2v) is 5.03. The Bertz CT molecular complexity index is 295. The van der Waals surface area contributed by atoms with E-state index in [1.807, 2.05) is 12.1 Å². The zero-order valence-electron chi connectivity index (χ0n) is 9.57. The molecule has 0 radical (unpaired) electrons. The molecule has 0 aromatic carbocycles. The molecule has 90 valence electrons. The predicted octanol–water partition coefficient (Wildman–Crippen LogP) is 2.45. The fraction of sp³-hybridized carbons (Fsp3) is 0.545. The van der Waals surface area contributed by atoms with Gasteiger partial charge in [0.25, 0.3) is 0 Å². The average molecular weight is 261 g/mol. The van der Waals surface area contributed by atoms with Crippen molar-refractivity contribution < 1.29 is 4.74 Å². The number of methoxy groups -OCH3 is 1. The quantitative estimate of drug-likeness (QED) is 0.603. The maximum absolute atomic E-state index is 5.75. The van der Waals surface area contributed by atoms with Gasteiger partial charge in [0.05, 0.1) is 16.7 Å². The molecule has 0 aliphatic heterocycles. The molecule has 0 bridgehead atoms. The molecule has 1 rings (SSSR count). The van der Waals surface area contributed by atoms with E-state index in [2.05, 4.69) is 17.2 Å². The lowest BCUT2D eigenvalue weighted by Gasteiger charge is -2.11. The monoisotopic (exact) mass is 260 g/mol. The van der Waals surface area contributed by atoms with E-state index in [1.165, 1.54) is 0 Å². The largest absolute Gasteiger partial charge is 0.383 e. The maximum Gasteiger partial charge on any atom is 0.0961 e. The second-order valence-electron chi connectivity index (χ2n) is 3.47. The minimum atomic E-state index is 0.392. The van der Waals surface area contributed by atoms with Crippen molar-refractivity contribution in [1.29, 1.82) is 0 Å². The molecule has 0 amide bonds. The topological polar surface area (TPSA) is 34.1 Å². The molecule has 1 aromatic heterocycles. The molecule has 1 aromatic rings. The van der Waals surface area contributed by atoms with Crippen molar-refractivity contribution in [3.8, 4) is 0 Å². The van der Waals surface area contributed by atoms with Gasteiger partial charge in [-0.1, -0.05) is 11.6 Å². The van der Waals surface area contributed by atoms with Crippen LogP contribution in [0.25, 0.3) is 0 Å². The summed E-state index contributed by atoms with van der Waals surface area (Å²) in [4.78, 5) is 4.21. The number of aromatic nitrogens is 1. The van der Waals surface area contributed by atoms with Gasteiger partial charge < -0.3 is 10.1 Å². The molecule has 0 saturated heterocycles. The lowest BCUT2D eigenvalue weighted by molar-refractivity contribution is 0.173. The molecule has 0 spiro atoms. The molecule has 3 nitrogen and oxygen atoms in total. The summed E-state index contributed by atoms with van der Waals surface area (Å²) >= 11 is 7.47. The molecule has 0 aliphatic carbocycles. The third-order valence-electron chi connectivity index (χ3n) is 1.96. The number of rotatable bonds is 7. The number of nitrogens with zero attached hydrogens (tertiary/aromatic N) is 1. The first-order chi connectivity index (χ1) is 7.72. The predicted molar refractivity (Wildman–Crippen MR) is 69.3 cm³/mol. The van der Waals surface area contributed by atoms with Crippen LogP contribution in [0.15, 0.2) is 23.4 Å². The van der Waals surface area contributed by atoms with Gasteiger partial charge in [0, 0.05) is 31.6 Å². The summed E-state index contributed by atoms with van der Waals surface area (Å²) in [6, 6.07) is 4.19. The molecule has 1 atom stereocenters. The summed E-state index contributed by atoms with van der Waals surface area (Å²) < 4.78 is 5.04. The van der Waals surface area contributed by atoms with E-state index in [0.29, 0.717) is 11.1 Å². The Morgan fingerprint density at radius 3 is 3.00 bits per heavy atom. The van der Waals surface area contributed by atoms with E-state index in [4.69, 9.17) is 16.3 Å². The highest BCUT2D eigenvalue weighted by atomic mass is 35.5. The molecule has 5 heteroatoms. The highest BCUT2D eigenvalue weighted by Gasteiger charge is 2.00. The zero-order valence-corrected chi connectivity index (χ0v) is 11.1. The van der Waals surface area contributed by atoms with E-state index in [0.717, 1.165) is 23.9 Å². The summed E-state index contributed by atoms with van der Waals surface area (Å²) in [5.41, 5.74) is 0. The van der Waals surface area contributed by atoms with Crippen molar-refractivity contribution in [2.75, 3.05) is 26.0 Å². The van der Waals surface area contributed by atoms with E-state index < -0.39 is 0 Å². The Kier molecular flexibility index (Phi) is 6.80. The Hall–Kier alpha value is -0.290. The summed E-state index contributed by atoms with van der Waals surface area (Å²) in [7, 11) is 1.71. The van der Waals surface area contributed by atoms with Crippen LogP contribution in [0.2, 0.25) is 5.02 Å². The lowest BCUT2D eigenvalue weighted by atomic mass is 10.4. The number of hydrogen-bond donors (Lipinski definition) is 1. The van der Waals surface area contributed by atoms with Gasteiger partial charge in [0.2, 0.25) is 0 Å². The van der Waals surface area contributed by atoms with Crippen LogP contribution in [-0.2, 0) is 4.74 Å². The third-order valence-corrected chi connectivity index (χ3v) is 3.13. The van der Waals surface area contributed by atoms with Crippen LogP contribution in [0.5, 0.6) is 0 Å². The maximum atomic E-state index is 5.75. The summed E-state index contributed by atoms with van der Waals surface area (Å²) in [5.74, 6) is 0.989. The van der Waals surface area contributed by atoms with Crippen LogP contribution in [0, 0.1) is 0 Å². The fourth-order valence-corrected chi connectivity index (χ4v) is 2.05. The van der Waals surface area contributed by atoms with Crippen molar-refractivity contribution in [2.24, 2.45) is 0 Å². The number of hydrogen-bond acceptors (Lipinski definition) is 4. The van der Waals surface area contributed by atoms with Gasteiger partial charge in [-0.25, -0.2) is 4.98 Å². The van der Waals surface area contributed by atoms with Gasteiger partial charge in [0.1, 0.15) is 0 Å². The van der Waals surface area contributed by atoms with Crippen molar-refractivity contribution >= 4 is 23.4 Å². The number of ether oxygens (including phenoxy) is 1. The number of nitrogens with one attached hydrogen (secondary N) is 1. The normalized spacial score (nSPS) is 12.7. The zero-order chi connectivity index (χ0) is 11.8. The Labute approximate surface area is 106 Å². The molecule has 16 heavy (non-hydrogen) atoms. The smallest absolute Gasteiger partial charge is 0.0961 e. The van der Waals surface area contributed by atoms with E-state index in [9.17, 15) is 0 Å². The van der Waals surface area contributed by atoms with Crippen LogP contribution in [-0.4, -0.2) is 37.0 Å². The van der Waals surface area contributed by atoms with E-state index >= 15 is 0 Å². The van der Waals surface area contributed by atoms with Crippen molar-refractivity contribution in [1.82, 2.24) is 10.3 Å². The summed E-state index contributed by atoms with van der Waals surface area (Å²) in [5, 5.41) is 5.05. The van der Waals surface area contributed by atoms with Gasteiger partial charge in [0.15, 0.2) is 0 Å². The molecule has 0 aliphatic rings. The van der Waals surface area contributed by atoms with Crippen molar-refractivity contribution in [3.05, 3.63) is 23.4 Å². The number of halogens is 1. The SMILES string of the molecule is COCC(C)NCCSc1ccc(Cl)cn1. The third kappa shape index (κ3) is 5.70. The summed E-state index contributed by atoms with van der Waals surface area (Å²) in [6.07, 6.45) is 1.67. The van der Waals surface area contributed by atoms with Gasteiger partial charge >= 0.3 is 0 Å². The molecule has 0 saturated carbocycles. The molecule has 0 fully saturated rings. The standard InChI is InChI=1S/C11H17ClN2OS/c1-9(8-15-2)13-5-6-16-11-4-3-10(12)7-14-11/h3-4,7,9,13H,5-6,8H2,1-2H3. The first-order valence-corrected chi connectivity index (χ1v) is 6.55. The van der Waals surface area contributed by atoms with Crippen LogP contribution >= 0.6 is 23.4 Å². The molecular weight excluding hydrogens is 244 g/mol. The van der Waals surface area contributed by atoms with E-state index in [-0.39, 0.29) is 0 Å². The molecular formula is C11H17ClN2OS. The van der Waals surface area contributed by atoms with E-state index in [1.54, 1.807) is 25.1 Å². The van der Waals surface area contributed by atoms with Crippen LogP contribution < -0.4 is 5.32 Å². The highest BCUT2D eigenvalue weighted by Crippen LogP contribution is 2.16. The van der Waals surface area contributed by atoms with Gasteiger partial charge in [-0.15, -0.1) is 11.8 Å². The molecule has 1 N–H and O–H groups in total. The molecule has 1 unspecified atom stereocenters. The van der Waals surface area contributed by atoms with Crippen LogP contribution in [0.3, 0.4) is 0 Å². The fourth-order valence-electron chi connectivity index (χ4n) is 1.22. The Morgan fingerprint density at radius 1 is 1.56 bits per heavy atom. The van der Waals surface area contributed by atoms with Gasteiger partial charge in [-0.05, 0) is 19.1 Å². The van der Waals surface area contributed by atoms with Gasteiger partial charge in [-0.3, -0.25) is 0 Å². The highest BCUT2D eigenvalue weighted by molar-refractivity contribution is 7.99. The average Bonchev–Trinajstić information content (AvgIpc) is 2.27. The van der Waals surface area contributed by atoms with Crippen LogP contribution in [0.4, 0.5) is 0 Å². The number of thioether (sulfide) groups is 1. The minimum Gasteiger partial charge on any atom is -0.383 e. The Balaban J connectivity index is 2.13.